The predicted octanol–water partition coefficient (Wildman–Crippen LogP) is 6.71. The van der Waals surface area contributed by atoms with E-state index >= 15 is 0 Å². The molecule has 0 bridgehead atoms. The zero-order chi connectivity index (χ0) is 24.7. The highest BCUT2D eigenvalue weighted by atomic mass is 19.1. The molecule has 2 rings (SSSR count). The van der Waals surface area contributed by atoms with E-state index in [4.69, 9.17) is 5.73 Å². The van der Waals surface area contributed by atoms with Gasteiger partial charge in [-0.2, -0.15) is 0 Å². The van der Waals surface area contributed by atoms with E-state index in [1.165, 1.54) is 45.2 Å². The van der Waals surface area contributed by atoms with E-state index in [2.05, 4.69) is 50.6 Å². The molecule has 3 nitrogen and oxygen atoms in total. The van der Waals surface area contributed by atoms with Gasteiger partial charge >= 0.3 is 0 Å². The fourth-order valence-electron chi connectivity index (χ4n) is 4.36. The maximum atomic E-state index is 13.6. The summed E-state index contributed by atoms with van der Waals surface area (Å²) in [5, 5.41) is 3.68. The average Bonchev–Trinajstić information content (AvgIpc) is 2.80. The number of halogens is 1. The van der Waals surface area contributed by atoms with Crippen molar-refractivity contribution < 1.29 is 4.39 Å². The van der Waals surface area contributed by atoms with Crippen LogP contribution in [-0.2, 0) is 12.8 Å². The number of nitrogens with one attached hydrogen (secondary N) is 1. The zero-order valence-corrected chi connectivity index (χ0v) is 22.3. The van der Waals surface area contributed by atoms with Gasteiger partial charge in [-0.25, -0.2) is 4.39 Å². The van der Waals surface area contributed by atoms with Gasteiger partial charge in [0.25, 0.3) is 0 Å². The second kappa shape index (κ2) is 16.3. The smallest absolute Gasteiger partial charge is 0.126 e. The molecule has 1 saturated heterocycles. The number of benzene rings is 1. The Balaban J connectivity index is 0.000000346. The van der Waals surface area contributed by atoms with Gasteiger partial charge in [0, 0.05) is 31.1 Å². The third-order valence-electron chi connectivity index (χ3n) is 7.60. The minimum Gasteiger partial charge on any atom is -0.377 e. The first kappa shape index (κ1) is 29.6. The van der Waals surface area contributed by atoms with Gasteiger partial charge in [-0.3, -0.25) is 0 Å². The van der Waals surface area contributed by atoms with Crippen molar-refractivity contribution in [1.82, 2.24) is 10.2 Å². The second-order valence-electron chi connectivity index (χ2n) is 10.0. The third kappa shape index (κ3) is 11.1. The Morgan fingerprint density at radius 2 is 1.88 bits per heavy atom. The van der Waals surface area contributed by atoms with Crippen LogP contribution in [-0.4, -0.2) is 36.6 Å². The van der Waals surface area contributed by atoms with Gasteiger partial charge in [0.1, 0.15) is 5.82 Å². The summed E-state index contributed by atoms with van der Waals surface area (Å²) in [6.07, 6.45) is 12.1. The van der Waals surface area contributed by atoms with E-state index in [9.17, 15) is 4.39 Å². The van der Waals surface area contributed by atoms with Gasteiger partial charge < -0.3 is 16.0 Å². The lowest BCUT2D eigenvalue weighted by Crippen LogP contribution is -2.52. The molecule has 0 aromatic heterocycles. The van der Waals surface area contributed by atoms with Crippen molar-refractivity contribution in [3.05, 3.63) is 47.9 Å². The lowest BCUT2D eigenvalue weighted by Gasteiger charge is -2.40. The van der Waals surface area contributed by atoms with Crippen LogP contribution in [0.4, 0.5) is 4.39 Å². The number of hydrogen-bond acceptors (Lipinski definition) is 3. The van der Waals surface area contributed by atoms with Crippen LogP contribution in [0.25, 0.3) is 0 Å². The van der Waals surface area contributed by atoms with E-state index in [-0.39, 0.29) is 5.82 Å². The maximum Gasteiger partial charge on any atom is 0.126 e. The van der Waals surface area contributed by atoms with Gasteiger partial charge in [-0.05, 0) is 81.3 Å². The monoisotopic (exact) mass is 461 g/mol. The summed E-state index contributed by atoms with van der Waals surface area (Å²) in [5.41, 5.74) is 7.89. The van der Waals surface area contributed by atoms with Crippen LogP contribution in [0.3, 0.4) is 0 Å². The van der Waals surface area contributed by atoms with Crippen LogP contribution in [0.2, 0.25) is 0 Å². The lowest BCUT2D eigenvalue weighted by atomic mass is 9.93. The minimum atomic E-state index is -0.0467. The molecule has 4 heteroatoms. The molecule has 1 heterocycles. The van der Waals surface area contributed by atoms with E-state index in [0.29, 0.717) is 5.54 Å². The van der Waals surface area contributed by atoms with Crippen LogP contribution in [0.15, 0.2) is 31.0 Å². The largest absolute Gasteiger partial charge is 0.377 e. The van der Waals surface area contributed by atoms with Gasteiger partial charge in [0.2, 0.25) is 0 Å². The molecule has 33 heavy (non-hydrogen) atoms. The second-order valence-corrected chi connectivity index (χ2v) is 10.0. The summed E-state index contributed by atoms with van der Waals surface area (Å²) in [4.78, 5) is 2.27. The molecule has 3 N–H and O–H groups in total. The minimum absolute atomic E-state index is 0.0467. The van der Waals surface area contributed by atoms with Gasteiger partial charge in [-0.1, -0.05) is 65.7 Å². The number of nitrogens with two attached hydrogens (primary N) is 1. The Morgan fingerprint density at radius 1 is 1.18 bits per heavy atom. The molecule has 0 amide bonds. The maximum absolute atomic E-state index is 13.6. The van der Waals surface area contributed by atoms with Crippen molar-refractivity contribution in [2.45, 2.75) is 97.9 Å². The topological polar surface area (TPSA) is 41.3 Å². The summed E-state index contributed by atoms with van der Waals surface area (Å²) in [7, 11) is 0. The van der Waals surface area contributed by atoms with Crippen molar-refractivity contribution in [2.75, 3.05) is 26.2 Å². The fraction of sp³-hybridized carbons (Fsp3) is 0.724. The molecule has 1 unspecified atom stereocenters. The summed E-state index contributed by atoms with van der Waals surface area (Å²) in [6, 6.07) is 5.70. The number of rotatable bonds is 15. The molecule has 1 aliphatic heterocycles. The van der Waals surface area contributed by atoms with E-state index in [0.717, 1.165) is 61.7 Å². The molecule has 0 spiro atoms. The number of hydrogen-bond donors (Lipinski definition) is 2. The normalized spacial score (nSPS) is 14.9. The molecule has 1 aliphatic rings. The van der Waals surface area contributed by atoms with Gasteiger partial charge in [0.15, 0.2) is 0 Å². The number of unbranched alkanes of at least 4 members (excludes halogenated alkanes) is 1. The SMILES string of the molecule is C=CN1CC(CNC(C)(CC)CC)C1.CCc1ccc(CCCCC(CC)CCN)cc1F. The fourth-order valence-corrected chi connectivity index (χ4v) is 4.36. The average molecular weight is 462 g/mol. The van der Waals surface area contributed by atoms with Crippen molar-refractivity contribution in [2.24, 2.45) is 17.6 Å². The molecule has 1 fully saturated rings. The quantitative estimate of drug-likeness (QED) is 0.285. The Morgan fingerprint density at radius 3 is 2.39 bits per heavy atom. The Kier molecular flexibility index (Phi) is 14.6. The van der Waals surface area contributed by atoms with E-state index < -0.39 is 0 Å². The number of aryl methyl sites for hydroxylation is 2. The van der Waals surface area contributed by atoms with Crippen molar-refractivity contribution in [1.29, 1.82) is 0 Å². The van der Waals surface area contributed by atoms with Crippen LogP contribution in [0.1, 0.15) is 90.7 Å². The van der Waals surface area contributed by atoms with Gasteiger partial charge in [0.05, 0.1) is 0 Å². The summed E-state index contributed by atoms with van der Waals surface area (Å²) < 4.78 is 13.6. The first-order valence-corrected chi connectivity index (χ1v) is 13.4. The van der Waals surface area contributed by atoms with Crippen LogP contribution in [0, 0.1) is 17.7 Å². The third-order valence-corrected chi connectivity index (χ3v) is 7.60. The van der Waals surface area contributed by atoms with Crippen LogP contribution < -0.4 is 11.1 Å². The highest BCUT2D eigenvalue weighted by molar-refractivity contribution is 5.24. The van der Waals surface area contributed by atoms with Crippen LogP contribution in [0.5, 0.6) is 0 Å². The molecule has 190 valence electrons. The number of nitrogens with zero attached hydrogens (tertiary/aromatic N) is 1. The number of likely N-dealkylation sites (tertiary alicyclic amines) is 1. The first-order valence-electron chi connectivity index (χ1n) is 13.4. The molecular formula is C29H52FN3. The summed E-state index contributed by atoms with van der Waals surface area (Å²) in [5.74, 6) is 1.55. The van der Waals surface area contributed by atoms with Crippen molar-refractivity contribution in [3.8, 4) is 0 Å². The molecular weight excluding hydrogens is 409 g/mol. The zero-order valence-electron chi connectivity index (χ0n) is 22.3. The van der Waals surface area contributed by atoms with E-state index in [1.807, 2.05) is 19.2 Å². The highest BCUT2D eigenvalue weighted by Gasteiger charge is 2.26. The Labute approximate surface area is 204 Å². The van der Waals surface area contributed by atoms with Gasteiger partial charge in [-0.15, -0.1) is 0 Å². The summed E-state index contributed by atoms with van der Waals surface area (Å²) >= 11 is 0. The lowest BCUT2D eigenvalue weighted by molar-refractivity contribution is 0.144. The molecule has 0 saturated carbocycles. The predicted molar refractivity (Wildman–Crippen MR) is 143 cm³/mol. The van der Waals surface area contributed by atoms with Crippen molar-refractivity contribution in [3.63, 3.8) is 0 Å². The summed E-state index contributed by atoms with van der Waals surface area (Å²) in [6.45, 7) is 19.1. The highest BCUT2D eigenvalue weighted by Crippen LogP contribution is 2.19. The molecule has 0 aliphatic carbocycles. The standard InChI is InChI=1S/C17H28FN.C12H24N2/c1-3-14(11-12-19)7-5-6-8-15-9-10-16(4-2)17(18)13-15;1-5-12(4,6-2)13-8-11-9-14(7-3)10-11/h9-10,13-14H,3-8,11-12,19H2,1-2H3;7,11,13H,3,5-6,8-10H2,1-2,4H3. The Hall–Kier alpha value is -1.39. The molecule has 1 aromatic rings. The van der Waals surface area contributed by atoms with E-state index in [1.54, 1.807) is 6.07 Å². The van der Waals surface area contributed by atoms with Crippen molar-refractivity contribution >= 4 is 0 Å². The molecule has 0 radical (unpaired) electrons. The molecule has 1 aromatic carbocycles. The van der Waals surface area contributed by atoms with Crippen LogP contribution >= 0.6 is 0 Å². The first-order chi connectivity index (χ1) is 15.8. The molecule has 1 atom stereocenters. The Bertz CT molecular complexity index is 650.